The molecule has 118 valence electrons. The Bertz CT molecular complexity index is 570. The monoisotopic (exact) mass is 322 g/mol. The number of halogens is 1. The first-order chi connectivity index (χ1) is 10.6. The van der Waals surface area contributed by atoms with E-state index in [-0.39, 0.29) is 17.9 Å². The smallest absolute Gasteiger partial charge is 0.323 e. The molecule has 3 rings (SSSR count). The molecule has 0 aliphatic carbocycles. The minimum absolute atomic E-state index is 0.0850. The van der Waals surface area contributed by atoms with Crippen molar-refractivity contribution in [2.75, 3.05) is 32.8 Å². The van der Waals surface area contributed by atoms with Crippen molar-refractivity contribution in [1.29, 1.82) is 0 Å². The van der Waals surface area contributed by atoms with Crippen LogP contribution in [0.4, 0.5) is 0 Å². The second-order valence-corrected chi connectivity index (χ2v) is 6.06. The summed E-state index contributed by atoms with van der Waals surface area (Å²) in [5.41, 5.74) is 0.857. The topological polar surface area (TPSA) is 49.9 Å². The lowest BCUT2D eigenvalue weighted by atomic mass is 10.1. The molecule has 0 bridgehead atoms. The predicted octanol–water partition coefficient (Wildman–Crippen LogP) is 1.34. The van der Waals surface area contributed by atoms with Gasteiger partial charge in [-0.25, -0.2) is 0 Å². The molecule has 0 saturated carbocycles. The summed E-state index contributed by atoms with van der Waals surface area (Å²) in [6, 6.07) is 7.30. The molecule has 2 heterocycles. The van der Waals surface area contributed by atoms with Gasteiger partial charge in [0.15, 0.2) is 0 Å². The molecule has 2 fully saturated rings. The maximum absolute atomic E-state index is 12.4. The number of carbonyl (C=O) groups excluding carboxylic acids is 2. The maximum Gasteiger partial charge on any atom is 0.323 e. The van der Waals surface area contributed by atoms with Gasteiger partial charge in [-0.15, -0.1) is 0 Å². The van der Waals surface area contributed by atoms with E-state index in [4.69, 9.17) is 16.3 Å². The molecule has 1 atom stereocenters. The van der Waals surface area contributed by atoms with Crippen molar-refractivity contribution >= 4 is 23.5 Å². The van der Waals surface area contributed by atoms with Gasteiger partial charge in [0.25, 0.3) is 0 Å². The molecular weight excluding hydrogens is 304 g/mol. The highest BCUT2D eigenvalue weighted by atomic mass is 35.5. The Balaban J connectivity index is 1.54. The number of hydrogen-bond acceptors (Lipinski definition) is 4. The zero-order chi connectivity index (χ0) is 15.5. The minimum atomic E-state index is -0.129. The largest absolute Gasteiger partial charge is 0.464 e. The molecule has 0 N–H and O–H groups in total. The number of piperazine rings is 1. The molecule has 0 spiro atoms. The molecule has 2 aliphatic heterocycles. The second kappa shape index (κ2) is 6.67. The summed E-state index contributed by atoms with van der Waals surface area (Å²) >= 11 is 6.10. The van der Waals surface area contributed by atoms with Crippen LogP contribution in [-0.2, 0) is 20.7 Å². The van der Waals surface area contributed by atoms with Gasteiger partial charge in [-0.05, 0) is 11.6 Å². The van der Waals surface area contributed by atoms with Crippen LogP contribution in [0.2, 0.25) is 5.02 Å². The maximum atomic E-state index is 12.4. The summed E-state index contributed by atoms with van der Waals surface area (Å²) in [7, 11) is 0. The van der Waals surface area contributed by atoms with E-state index in [9.17, 15) is 9.59 Å². The van der Waals surface area contributed by atoms with Crippen LogP contribution >= 0.6 is 11.6 Å². The van der Waals surface area contributed by atoms with Crippen LogP contribution in [-0.4, -0.2) is 60.5 Å². The molecule has 6 heteroatoms. The Morgan fingerprint density at radius 1 is 1.23 bits per heavy atom. The normalized spacial score (nSPS) is 22.7. The van der Waals surface area contributed by atoms with Gasteiger partial charge in [0.1, 0.15) is 6.04 Å². The zero-order valence-electron chi connectivity index (χ0n) is 12.3. The minimum Gasteiger partial charge on any atom is -0.464 e. The first kappa shape index (κ1) is 15.3. The summed E-state index contributed by atoms with van der Waals surface area (Å²) in [5.74, 6) is -0.0439. The second-order valence-electron chi connectivity index (χ2n) is 5.66. The number of cyclic esters (lactones) is 1. The fraction of sp³-hybridized carbons (Fsp3) is 0.500. The van der Waals surface area contributed by atoms with E-state index in [1.165, 1.54) is 0 Å². The van der Waals surface area contributed by atoms with Gasteiger partial charge in [-0.2, -0.15) is 0 Å². The van der Waals surface area contributed by atoms with Crippen LogP contribution in [0.3, 0.4) is 0 Å². The van der Waals surface area contributed by atoms with E-state index in [0.29, 0.717) is 44.2 Å². The SMILES string of the molecule is O=C1OCC[C@@H]1N1CCN(C(=O)Cc2ccccc2Cl)CC1. The van der Waals surface area contributed by atoms with E-state index in [1.807, 2.05) is 23.1 Å². The first-order valence-corrected chi connectivity index (χ1v) is 7.95. The van der Waals surface area contributed by atoms with Crippen molar-refractivity contribution in [1.82, 2.24) is 9.80 Å². The highest BCUT2D eigenvalue weighted by Gasteiger charge is 2.34. The van der Waals surface area contributed by atoms with Gasteiger partial charge in [0.2, 0.25) is 5.91 Å². The number of esters is 1. The molecule has 1 aromatic rings. The third-order valence-electron chi connectivity index (χ3n) is 4.31. The lowest BCUT2D eigenvalue weighted by molar-refractivity contribution is -0.143. The fourth-order valence-corrected chi connectivity index (χ4v) is 3.22. The molecule has 0 radical (unpaired) electrons. The third-order valence-corrected chi connectivity index (χ3v) is 4.68. The number of rotatable bonds is 3. The van der Waals surface area contributed by atoms with Crippen LogP contribution in [0.25, 0.3) is 0 Å². The molecular formula is C16H19ClN2O3. The number of benzene rings is 1. The lowest BCUT2D eigenvalue weighted by Gasteiger charge is -2.36. The van der Waals surface area contributed by atoms with E-state index in [2.05, 4.69) is 4.90 Å². The van der Waals surface area contributed by atoms with Gasteiger partial charge in [-0.1, -0.05) is 29.8 Å². The molecule has 2 aliphatic rings. The molecule has 22 heavy (non-hydrogen) atoms. The predicted molar refractivity (Wildman–Crippen MR) is 82.7 cm³/mol. The van der Waals surface area contributed by atoms with Crippen molar-refractivity contribution in [3.63, 3.8) is 0 Å². The number of carbonyl (C=O) groups is 2. The van der Waals surface area contributed by atoms with E-state index in [1.54, 1.807) is 6.07 Å². The molecule has 2 saturated heterocycles. The fourth-order valence-electron chi connectivity index (χ4n) is 3.02. The Morgan fingerprint density at radius 2 is 1.95 bits per heavy atom. The standard InChI is InChI=1S/C16H19ClN2O3/c17-13-4-2-1-3-12(13)11-15(20)19-8-6-18(7-9-19)14-5-10-22-16(14)21/h1-4,14H,5-11H2/t14-/m0/s1. The number of amides is 1. The van der Waals surface area contributed by atoms with Crippen LogP contribution in [0.5, 0.6) is 0 Å². The van der Waals surface area contributed by atoms with Gasteiger partial charge in [0, 0.05) is 37.6 Å². The molecule has 0 unspecified atom stereocenters. The third kappa shape index (κ3) is 3.25. The van der Waals surface area contributed by atoms with E-state index in [0.717, 1.165) is 12.0 Å². The molecule has 5 nitrogen and oxygen atoms in total. The van der Waals surface area contributed by atoms with Gasteiger partial charge < -0.3 is 9.64 Å². The van der Waals surface area contributed by atoms with Crippen LogP contribution in [0.1, 0.15) is 12.0 Å². The summed E-state index contributed by atoms with van der Waals surface area (Å²) < 4.78 is 5.01. The zero-order valence-corrected chi connectivity index (χ0v) is 13.1. The van der Waals surface area contributed by atoms with E-state index >= 15 is 0 Å². The number of nitrogens with zero attached hydrogens (tertiary/aromatic N) is 2. The summed E-state index contributed by atoms with van der Waals surface area (Å²) in [6.07, 6.45) is 1.08. The van der Waals surface area contributed by atoms with Crippen molar-refractivity contribution in [2.24, 2.45) is 0 Å². The van der Waals surface area contributed by atoms with Crippen LogP contribution in [0, 0.1) is 0 Å². The summed E-state index contributed by atoms with van der Waals surface area (Å²) in [5, 5.41) is 0.628. The average molecular weight is 323 g/mol. The highest BCUT2D eigenvalue weighted by molar-refractivity contribution is 6.31. The lowest BCUT2D eigenvalue weighted by Crippen LogP contribution is -2.53. The van der Waals surface area contributed by atoms with Crippen LogP contribution < -0.4 is 0 Å². The van der Waals surface area contributed by atoms with Gasteiger partial charge in [-0.3, -0.25) is 14.5 Å². The van der Waals surface area contributed by atoms with Crippen molar-refractivity contribution in [3.05, 3.63) is 34.9 Å². The quantitative estimate of drug-likeness (QED) is 0.788. The van der Waals surface area contributed by atoms with Crippen molar-refractivity contribution < 1.29 is 14.3 Å². The van der Waals surface area contributed by atoms with Gasteiger partial charge >= 0.3 is 5.97 Å². The van der Waals surface area contributed by atoms with Crippen molar-refractivity contribution in [3.8, 4) is 0 Å². The Labute approximate surface area is 134 Å². The molecule has 1 amide bonds. The Kier molecular flexibility index (Phi) is 4.64. The molecule has 1 aromatic carbocycles. The number of hydrogen-bond donors (Lipinski definition) is 0. The first-order valence-electron chi connectivity index (χ1n) is 7.57. The van der Waals surface area contributed by atoms with Gasteiger partial charge in [0.05, 0.1) is 13.0 Å². The highest BCUT2D eigenvalue weighted by Crippen LogP contribution is 2.19. The number of ether oxygens (including phenoxy) is 1. The Morgan fingerprint density at radius 3 is 2.59 bits per heavy atom. The summed E-state index contributed by atoms with van der Waals surface area (Å²) in [6.45, 7) is 3.23. The Hall–Kier alpha value is -1.59. The average Bonchev–Trinajstić information content (AvgIpc) is 2.96. The molecule has 0 aromatic heterocycles. The van der Waals surface area contributed by atoms with Crippen molar-refractivity contribution in [2.45, 2.75) is 18.9 Å². The van der Waals surface area contributed by atoms with Crippen LogP contribution in [0.15, 0.2) is 24.3 Å². The van der Waals surface area contributed by atoms with E-state index < -0.39 is 0 Å². The summed E-state index contributed by atoms with van der Waals surface area (Å²) in [4.78, 5) is 27.9.